The number of esters is 1. The van der Waals surface area contributed by atoms with E-state index in [4.69, 9.17) is 16.3 Å². The number of hydrogen-bond acceptors (Lipinski definition) is 5. The maximum Gasteiger partial charge on any atom is 0.327 e. The second kappa shape index (κ2) is 8.94. The second-order valence-corrected chi connectivity index (χ2v) is 6.60. The first kappa shape index (κ1) is 19.4. The summed E-state index contributed by atoms with van der Waals surface area (Å²) in [4.78, 5) is 30.1. The van der Waals surface area contributed by atoms with E-state index in [1.165, 1.54) is 7.11 Å². The molecular formula is C17H17BrClN3O3. The van der Waals surface area contributed by atoms with Gasteiger partial charge in [-0.3, -0.25) is 9.69 Å². The summed E-state index contributed by atoms with van der Waals surface area (Å²) in [5.41, 5.74) is 0.577. The minimum Gasteiger partial charge on any atom is -0.468 e. The van der Waals surface area contributed by atoms with Crippen LogP contribution in [0.2, 0.25) is 5.02 Å². The lowest BCUT2D eigenvalue weighted by Gasteiger charge is -2.26. The lowest BCUT2D eigenvalue weighted by molar-refractivity contribution is -0.147. The van der Waals surface area contributed by atoms with E-state index in [9.17, 15) is 9.59 Å². The number of methoxy groups -OCH3 is 1. The number of amides is 1. The van der Waals surface area contributed by atoms with E-state index in [1.54, 1.807) is 54.5 Å². The number of anilines is 1. The van der Waals surface area contributed by atoms with Crippen LogP contribution in [0.4, 0.5) is 5.82 Å². The molecular weight excluding hydrogens is 410 g/mol. The standard InChI is InChI=1S/C17H17BrClN3O3/c1-22(10-15(23)21-14-8-7-11(18)9-20-14)16(17(24)25-2)12-5-3-4-6-13(12)19/h3-9,16H,10H2,1-2H3,(H,20,21,23). The number of likely N-dealkylation sites (N-methyl/N-ethyl adjacent to an activating group) is 1. The molecule has 8 heteroatoms. The van der Waals surface area contributed by atoms with Gasteiger partial charge in [-0.25, -0.2) is 9.78 Å². The van der Waals surface area contributed by atoms with Crippen molar-refractivity contribution in [1.82, 2.24) is 9.88 Å². The van der Waals surface area contributed by atoms with Crippen LogP contribution in [-0.4, -0.2) is 42.5 Å². The van der Waals surface area contributed by atoms with Crippen molar-refractivity contribution < 1.29 is 14.3 Å². The molecule has 6 nitrogen and oxygen atoms in total. The third-order valence-electron chi connectivity index (χ3n) is 3.45. The number of hydrogen-bond donors (Lipinski definition) is 1. The Morgan fingerprint density at radius 3 is 2.64 bits per heavy atom. The van der Waals surface area contributed by atoms with Gasteiger partial charge < -0.3 is 10.1 Å². The SMILES string of the molecule is COC(=O)C(c1ccccc1Cl)N(C)CC(=O)Nc1ccc(Br)cn1. The van der Waals surface area contributed by atoms with Gasteiger partial charge >= 0.3 is 5.97 Å². The molecule has 1 heterocycles. The van der Waals surface area contributed by atoms with Crippen LogP contribution in [0.3, 0.4) is 0 Å². The molecule has 0 radical (unpaired) electrons. The fourth-order valence-electron chi connectivity index (χ4n) is 2.30. The van der Waals surface area contributed by atoms with Gasteiger partial charge in [-0.05, 0) is 46.7 Å². The van der Waals surface area contributed by atoms with Gasteiger partial charge in [0, 0.05) is 15.7 Å². The Morgan fingerprint density at radius 1 is 1.32 bits per heavy atom. The molecule has 0 fully saturated rings. The predicted octanol–water partition coefficient (Wildman–Crippen LogP) is 3.28. The number of ether oxygens (including phenoxy) is 1. The Morgan fingerprint density at radius 2 is 2.04 bits per heavy atom. The van der Waals surface area contributed by atoms with Gasteiger partial charge in [-0.1, -0.05) is 29.8 Å². The van der Waals surface area contributed by atoms with Crippen molar-refractivity contribution in [3.63, 3.8) is 0 Å². The highest BCUT2D eigenvalue weighted by Gasteiger charge is 2.29. The normalized spacial score (nSPS) is 11.9. The topological polar surface area (TPSA) is 71.5 Å². The van der Waals surface area contributed by atoms with Crippen LogP contribution in [-0.2, 0) is 14.3 Å². The molecule has 0 aliphatic carbocycles. The van der Waals surface area contributed by atoms with E-state index in [-0.39, 0.29) is 12.5 Å². The number of rotatable bonds is 6. The fraction of sp³-hybridized carbons (Fsp3) is 0.235. The number of carbonyl (C=O) groups is 2. The van der Waals surface area contributed by atoms with Gasteiger partial charge in [0.05, 0.1) is 13.7 Å². The Kier molecular flexibility index (Phi) is 6.92. The van der Waals surface area contributed by atoms with Crippen LogP contribution in [0.1, 0.15) is 11.6 Å². The molecule has 1 amide bonds. The molecule has 0 aliphatic rings. The molecule has 1 aromatic carbocycles. The number of aromatic nitrogens is 1. The van der Waals surface area contributed by atoms with Crippen LogP contribution < -0.4 is 5.32 Å². The average molecular weight is 427 g/mol. The molecule has 1 unspecified atom stereocenters. The number of halogens is 2. The molecule has 0 bridgehead atoms. The summed E-state index contributed by atoms with van der Waals surface area (Å²) in [7, 11) is 2.95. The maximum absolute atomic E-state index is 12.2. The average Bonchev–Trinajstić information content (AvgIpc) is 2.58. The van der Waals surface area contributed by atoms with Crippen LogP contribution >= 0.6 is 27.5 Å². The maximum atomic E-state index is 12.2. The zero-order valence-electron chi connectivity index (χ0n) is 13.7. The molecule has 2 rings (SSSR count). The third-order valence-corrected chi connectivity index (χ3v) is 4.27. The van der Waals surface area contributed by atoms with E-state index >= 15 is 0 Å². The summed E-state index contributed by atoms with van der Waals surface area (Å²) < 4.78 is 5.68. The highest BCUT2D eigenvalue weighted by Crippen LogP contribution is 2.27. The summed E-state index contributed by atoms with van der Waals surface area (Å²) in [5, 5.41) is 3.11. The van der Waals surface area contributed by atoms with Gasteiger partial charge in [0.1, 0.15) is 11.9 Å². The molecule has 1 atom stereocenters. The van der Waals surface area contributed by atoms with Crippen molar-refractivity contribution in [3.8, 4) is 0 Å². The van der Waals surface area contributed by atoms with Gasteiger partial charge in [0.15, 0.2) is 0 Å². The Bertz CT molecular complexity index is 755. The third kappa shape index (κ3) is 5.26. The lowest BCUT2D eigenvalue weighted by atomic mass is 10.1. The van der Waals surface area contributed by atoms with Crippen LogP contribution in [0, 0.1) is 0 Å². The molecule has 0 spiro atoms. The first-order valence-corrected chi connectivity index (χ1v) is 8.53. The molecule has 0 aliphatic heterocycles. The molecule has 0 saturated carbocycles. The number of benzene rings is 1. The van der Waals surface area contributed by atoms with E-state index in [2.05, 4.69) is 26.2 Å². The first-order chi connectivity index (χ1) is 11.9. The highest BCUT2D eigenvalue weighted by molar-refractivity contribution is 9.10. The van der Waals surface area contributed by atoms with Gasteiger partial charge in [-0.15, -0.1) is 0 Å². The quantitative estimate of drug-likeness (QED) is 0.718. The largest absolute Gasteiger partial charge is 0.468 e. The van der Waals surface area contributed by atoms with Gasteiger partial charge in [-0.2, -0.15) is 0 Å². The monoisotopic (exact) mass is 425 g/mol. The number of nitrogens with zero attached hydrogens (tertiary/aromatic N) is 2. The number of pyridine rings is 1. The number of carbonyl (C=O) groups excluding carboxylic acids is 2. The van der Waals surface area contributed by atoms with Crippen molar-refractivity contribution in [2.24, 2.45) is 0 Å². The molecule has 1 aromatic heterocycles. The first-order valence-electron chi connectivity index (χ1n) is 7.36. The molecule has 25 heavy (non-hydrogen) atoms. The minimum absolute atomic E-state index is 0.0390. The van der Waals surface area contributed by atoms with Crippen molar-refractivity contribution in [3.05, 3.63) is 57.7 Å². The predicted molar refractivity (Wildman–Crippen MR) is 99.4 cm³/mol. The van der Waals surface area contributed by atoms with Crippen LogP contribution in [0.25, 0.3) is 0 Å². The van der Waals surface area contributed by atoms with E-state index < -0.39 is 12.0 Å². The Hall–Kier alpha value is -1.96. The minimum atomic E-state index is -0.790. The summed E-state index contributed by atoms with van der Waals surface area (Å²) in [6, 6.07) is 9.62. The van der Waals surface area contributed by atoms with Crippen molar-refractivity contribution in [2.75, 3.05) is 26.0 Å². The lowest BCUT2D eigenvalue weighted by Crippen LogP contribution is -2.37. The zero-order valence-corrected chi connectivity index (χ0v) is 16.0. The Labute approximate surface area is 159 Å². The summed E-state index contributed by atoms with van der Waals surface area (Å²) in [5.74, 6) is -0.377. The van der Waals surface area contributed by atoms with Crippen LogP contribution in [0.15, 0.2) is 47.1 Å². The zero-order chi connectivity index (χ0) is 18.4. The van der Waals surface area contributed by atoms with E-state index in [1.807, 2.05) is 0 Å². The molecule has 132 valence electrons. The van der Waals surface area contributed by atoms with E-state index in [0.29, 0.717) is 16.4 Å². The van der Waals surface area contributed by atoms with Gasteiger partial charge in [0.25, 0.3) is 0 Å². The van der Waals surface area contributed by atoms with Crippen molar-refractivity contribution >= 4 is 45.2 Å². The van der Waals surface area contributed by atoms with Gasteiger partial charge in [0.2, 0.25) is 5.91 Å². The fourth-order valence-corrected chi connectivity index (χ4v) is 2.78. The van der Waals surface area contributed by atoms with E-state index in [0.717, 1.165) is 4.47 Å². The van der Waals surface area contributed by atoms with Crippen molar-refractivity contribution in [1.29, 1.82) is 0 Å². The van der Waals surface area contributed by atoms with Crippen molar-refractivity contribution in [2.45, 2.75) is 6.04 Å². The smallest absolute Gasteiger partial charge is 0.327 e. The second-order valence-electron chi connectivity index (χ2n) is 5.27. The number of nitrogens with one attached hydrogen (secondary N) is 1. The molecule has 0 saturated heterocycles. The Balaban J connectivity index is 2.12. The summed E-state index contributed by atoms with van der Waals surface area (Å²) in [6.45, 7) is -0.0390. The van der Waals surface area contributed by atoms with Crippen LogP contribution in [0.5, 0.6) is 0 Å². The molecule has 2 aromatic rings. The summed E-state index contributed by atoms with van der Waals surface area (Å²) in [6.07, 6.45) is 1.58. The molecule has 1 N–H and O–H groups in total. The highest BCUT2D eigenvalue weighted by atomic mass is 79.9. The summed E-state index contributed by atoms with van der Waals surface area (Å²) >= 11 is 9.48.